The molecule has 3 aromatic rings. The van der Waals surface area contributed by atoms with E-state index in [1.807, 2.05) is 0 Å². The molecule has 0 unspecified atom stereocenters. The number of H-pyrrole nitrogens is 1. The van der Waals surface area contributed by atoms with Gasteiger partial charge in [0, 0.05) is 5.02 Å². The molecule has 3 rings (SSSR count). The third-order valence-electron chi connectivity index (χ3n) is 2.85. The van der Waals surface area contributed by atoms with Gasteiger partial charge in [-0.15, -0.1) is 0 Å². The molecule has 0 atom stereocenters. The van der Waals surface area contributed by atoms with Gasteiger partial charge in [0.05, 0.1) is 24.4 Å². The molecule has 2 heterocycles. The summed E-state index contributed by atoms with van der Waals surface area (Å²) in [4.78, 5) is 8.43. The Labute approximate surface area is 124 Å². The number of aromatic nitrogens is 4. The number of hydrogen-bond acceptors (Lipinski definition) is 7. The van der Waals surface area contributed by atoms with Crippen LogP contribution < -0.4 is 21.3 Å². The molecule has 0 spiro atoms. The molecule has 0 fully saturated rings. The van der Waals surface area contributed by atoms with E-state index in [0.29, 0.717) is 27.9 Å². The number of halogens is 1. The van der Waals surface area contributed by atoms with E-state index in [-0.39, 0.29) is 5.95 Å². The highest BCUT2D eigenvalue weighted by atomic mass is 35.5. The van der Waals surface area contributed by atoms with Crippen LogP contribution in [0.4, 0.5) is 17.5 Å². The number of benzene rings is 1. The van der Waals surface area contributed by atoms with Crippen molar-refractivity contribution in [1.29, 1.82) is 0 Å². The minimum Gasteiger partial charge on any atom is -0.495 e. The number of hydrogen-bond donors (Lipinski definition) is 4. The second kappa shape index (κ2) is 5.43. The van der Waals surface area contributed by atoms with Gasteiger partial charge in [0.1, 0.15) is 11.6 Å². The highest BCUT2D eigenvalue weighted by molar-refractivity contribution is 6.31. The van der Waals surface area contributed by atoms with Gasteiger partial charge in [0.25, 0.3) is 0 Å². The first kappa shape index (κ1) is 13.4. The van der Waals surface area contributed by atoms with E-state index in [1.165, 1.54) is 0 Å². The van der Waals surface area contributed by atoms with E-state index in [9.17, 15) is 0 Å². The summed E-state index contributed by atoms with van der Waals surface area (Å²) in [5.41, 5.74) is 3.64. The zero-order valence-electron chi connectivity index (χ0n) is 11.0. The number of aromatic amines is 1. The maximum atomic E-state index is 6.02. The number of rotatable bonds is 4. The number of hydrazine groups is 1. The summed E-state index contributed by atoms with van der Waals surface area (Å²) in [5.74, 6) is 6.79. The number of anilines is 3. The summed E-state index contributed by atoms with van der Waals surface area (Å²) in [6, 6.07) is 5.25. The molecular formula is C12H12ClN7O. The maximum absolute atomic E-state index is 6.02. The van der Waals surface area contributed by atoms with Gasteiger partial charge < -0.3 is 10.1 Å². The lowest BCUT2D eigenvalue weighted by Crippen LogP contribution is -2.11. The summed E-state index contributed by atoms with van der Waals surface area (Å²) in [6.07, 6.45) is 1.62. The van der Waals surface area contributed by atoms with E-state index in [1.54, 1.807) is 31.5 Å². The molecule has 0 saturated heterocycles. The first-order chi connectivity index (χ1) is 10.2. The molecule has 0 saturated carbocycles. The molecule has 0 amide bonds. The van der Waals surface area contributed by atoms with E-state index >= 15 is 0 Å². The predicted molar refractivity (Wildman–Crippen MR) is 80.8 cm³/mol. The number of nitrogens with two attached hydrogens (primary N) is 1. The molecule has 0 bridgehead atoms. The van der Waals surface area contributed by atoms with Crippen molar-refractivity contribution >= 4 is 40.1 Å². The molecule has 0 aliphatic carbocycles. The summed E-state index contributed by atoms with van der Waals surface area (Å²) < 4.78 is 5.29. The Bertz CT molecular complexity index is 788. The Morgan fingerprint density at radius 2 is 2.19 bits per heavy atom. The molecule has 0 aliphatic rings. The van der Waals surface area contributed by atoms with Crippen molar-refractivity contribution in [2.75, 3.05) is 17.9 Å². The molecule has 21 heavy (non-hydrogen) atoms. The standard InChI is InChI=1S/C12H12ClN7O/c1-21-9-3-2-6(13)4-8(9)16-10-7-5-15-20-11(7)18-12(17-10)19-14/h2-5H,14H2,1H3,(H3,15,16,17,18,19,20). The van der Waals surface area contributed by atoms with Crippen LogP contribution in [0.25, 0.3) is 11.0 Å². The molecule has 2 aromatic heterocycles. The number of nitrogens with one attached hydrogen (secondary N) is 3. The topological polar surface area (TPSA) is 114 Å². The number of nitrogen functional groups attached to an aromatic ring is 1. The van der Waals surface area contributed by atoms with Crippen LogP contribution in [0.2, 0.25) is 5.02 Å². The van der Waals surface area contributed by atoms with Crippen molar-refractivity contribution in [2.45, 2.75) is 0 Å². The van der Waals surface area contributed by atoms with Gasteiger partial charge in [-0.3, -0.25) is 10.5 Å². The molecule has 0 aliphatic heterocycles. The zero-order chi connectivity index (χ0) is 14.8. The van der Waals surface area contributed by atoms with Gasteiger partial charge in [0.15, 0.2) is 5.65 Å². The van der Waals surface area contributed by atoms with Crippen LogP contribution in [0.5, 0.6) is 5.75 Å². The Balaban J connectivity index is 2.09. The minimum absolute atomic E-state index is 0.259. The minimum atomic E-state index is 0.259. The SMILES string of the molecule is COc1ccc(Cl)cc1Nc1nc(NN)nc2[nH]ncc12. The second-order valence-corrected chi connectivity index (χ2v) is 4.58. The van der Waals surface area contributed by atoms with Crippen LogP contribution in [0.1, 0.15) is 0 Å². The van der Waals surface area contributed by atoms with Gasteiger partial charge >= 0.3 is 0 Å². The van der Waals surface area contributed by atoms with Crippen molar-refractivity contribution in [3.63, 3.8) is 0 Å². The lowest BCUT2D eigenvalue weighted by atomic mass is 10.2. The summed E-state index contributed by atoms with van der Waals surface area (Å²) in [7, 11) is 1.58. The Hall–Kier alpha value is -2.58. The predicted octanol–water partition coefficient (Wildman–Crippen LogP) is 2.04. The average molecular weight is 306 g/mol. The molecule has 8 nitrogen and oxygen atoms in total. The maximum Gasteiger partial charge on any atom is 0.241 e. The van der Waals surface area contributed by atoms with Gasteiger partial charge in [-0.2, -0.15) is 15.1 Å². The van der Waals surface area contributed by atoms with Crippen molar-refractivity contribution in [2.24, 2.45) is 5.84 Å². The van der Waals surface area contributed by atoms with Crippen molar-refractivity contribution in [1.82, 2.24) is 20.2 Å². The third-order valence-corrected chi connectivity index (χ3v) is 3.09. The van der Waals surface area contributed by atoms with E-state index in [4.69, 9.17) is 22.2 Å². The Morgan fingerprint density at radius 1 is 1.33 bits per heavy atom. The van der Waals surface area contributed by atoms with E-state index in [0.717, 1.165) is 5.39 Å². The van der Waals surface area contributed by atoms with Crippen molar-refractivity contribution in [3.05, 3.63) is 29.4 Å². The Morgan fingerprint density at radius 3 is 2.95 bits per heavy atom. The first-order valence-electron chi connectivity index (χ1n) is 5.99. The molecule has 108 valence electrons. The fraction of sp³-hybridized carbons (Fsp3) is 0.0833. The largest absolute Gasteiger partial charge is 0.495 e. The molecule has 1 aromatic carbocycles. The summed E-state index contributed by atoms with van der Waals surface area (Å²) in [5, 5.41) is 11.2. The van der Waals surface area contributed by atoms with Gasteiger partial charge in [0.2, 0.25) is 5.95 Å². The van der Waals surface area contributed by atoms with Crippen molar-refractivity contribution < 1.29 is 4.74 Å². The average Bonchev–Trinajstić information content (AvgIpc) is 2.96. The van der Waals surface area contributed by atoms with Crippen LogP contribution >= 0.6 is 11.6 Å². The molecule has 9 heteroatoms. The van der Waals surface area contributed by atoms with Crippen LogP contribution in [0.15, 0.2) is 24.4 Å². The molecule has 5 N–H and O–H groups in total. The number of ether oxygens (including phenoxy) is 1. The summed E-state index contributed by atoms with van der Waals surface area (Å²) in [6.45, 7) is 0. The lowest BCUT2D eigenvalue weighted by Gasteiger charge is -2.12. The lowest BCUT2D eigenvalue weighted by molar-refractivity contribution is 0.417. The third kappa shape index (κ3) is 2.54. The van der Waals surface area contributed by atoms with Crippen LogP contribution in [-0.2, 0) is 0 Å². The van der Waals surface area contributed by atoms with Gasteiger partial charge in [-0.05, 0) is 18.2 Å². The Kier molecular flexibility index (Phi) is 3.46. The van der Waals surface area contributed by atoms with E-state index < -0.39 is 0 Å². The smallest absolute Gasteiger partial charge is 0.241 e. The number of nitrogens with zero attached hydrogens (tertiary/aromatic N) is 3. The molecular weight excluding hydrogens is 294 g/mol. The number of methoxy groups -OCH3 is 1. The fourth-order valence-corrected chi connectivity index (χ4v) is 2.07. The van der Waals surface area contributed by atoms with Crippen molar-refractivity contribution in [3.8, 4) is 5.75 Å². The van der Waals surface area contributed by atoms with E-state index in [2.05, 4.69) is 30.9 Å². The van der Waals surface area contributed by atoms with Crippen LogP contribution in [0, 0.1) is 0 Å². The summed E-state index contributed by atoms with van der Waals surface area (Å²) >= 11 is 6.02. The van der Waals surface area contributed by atoms with Gasteiger partial charge in [-0.1, -0.05) is 11.6 Å². The molecule has 0 radical (unpaired) electrons. The monoisotopic (exact) mass is 305 g/mol. The second-order valence-electron chi connectivity index (χ2n) is 4.14. The van der Waals surface area contributed by atoms with Crippen LogP contribution in [0.3, 0.4) is 0 Å². The highest BCUT2D eigenvalue weighted by Crippen LogP contribution is 2.32. The fourth-order valence-electron chi connectivity index (χ4n) is 1.90. The number of fused-ring (bicyclic) bond motifs is 1. The quantitative estimate of drug-likeness (QED) is 0.431. The zero-order valence-corrected chi connectivity index (χ0v) is 11.8. The van der Waals surface area contributed by atoms with Gasteiger partial charge in [-0.25, -0.2) is 5.84 Å². The first-order valence-corrected chi connectivity index (χ1v) is 6.37. The van der Waals surface area contributed by atoms with Crippen LogP contribution in [-0.4, -0.2) is 27.3 Å². The highest BCUT2D eigenvalue weighted by Gasteiger charge is 2.12. The normalized spacial score (nSPS) is 10.6.